The first-order valence-electron chi connectivity index (χ1n) is 5.74. The number of hydrogen-bond donors (Lipinski definition) is 1. The molecule has 0 atom stereocenters. The van der Waals surface area contributed by atoms with Gasteiger partial charge in [0.15, 0.2) is 0 Å². The van der Waals surface area contributed by atoms with Gasteiger partial charge in [-0.2, -0.15) is 0 Å². The standard InChI is InChI=1S/C13H16FNO/c1-2-9-15-12(16)13(7-8-13)10-5-3-4-6-11(10)14/h3-6H,2,7-9H2,1H3,(H,15,16). The predicted molar refractivity (Wildman–Crippen MR) is 60.6 cm³/mol. The molecular formula is C13H16FNO. The smallest absolute Gasteiger partial charge is 0.230 e. The molecule has 16 heavy (non-hydrogen) atoms. The summed E-state index contributed by atoms with van der Waals surface area (Å²) in [6.07, 6.45) is 2.41. The number of rotatable bonds is 4. The summed E-state index contributed by atoms with van der Waals surface area (Å²) in [4.78, 5) is 12.0. The van der Waals surface area contributed by atoms with E-state index in [0.717, 1.165) is 19.3 Å². The minimum Gasteiger partial charge on any atom is -0.355 e. The van der Waals surface area contributed by atoms with Crippen molar-refractivity contribution >= 4 is 5.91 Å². The molecule has 0 spiro atoms. The number of hydrogen-bond acceptors (Lipinski definition) is 1. The van der Waals surface area contributed by atoms with Crippen LogP contribution >= 0.6 is 0 Å². The molecule has 2 nitrogen and oxygen atoms in total. The Kier molecular flexibility index (Phi) is 2.95. The van der Waals surface area contributed by atoms with E-state index < -0.39 is 5.41 Å². The van der Waals surface area contributed by atoms with Gasteiger partial charge in [0.2, 0.25) is 5.91 Å². The molecule has 1 N–H and O–H groups in total. The van der Waals surface area contributed by atoms with Crippen molar-refractivity contribution in [2.75, 3.05) is 6.54 Å². The molecule has 0 unspecified atom stereocenters. The lowest BCUT2D eigenvalue weighted by Gasteiger charge is -2.15. The number of halogens is 1. The Morgan fingerprint density at radius 1 is 1.44 bits per heavy atom. The van der Waals surface area contributed by atoms with Crippen LogP contribution in [0, 0.1) is 5.82 Å². The summed E-state index contributed by atoms with van der Waals surface area (Å²) < 4.78 is 13.6. The molecule has 1 fully saturated rings. The lowest BCUT2D eigenvalue weighted by atomic mass is 9.94. The lowest BCUT2D eigenvalue weighted by molar-refractivity contribution is -0.123. The highest BCUT2D eigenvalue weighted by Crippen LogP contribution is 2.49. The minimum atomic E-state index is -0.583. The Bertz CT molecular complexity index is 399. The van der Waals surface area contributed by atoms with Gasteiger partial charge in [-0.3, -0.25) is 4.79 Å². The summed E-state index contributed by atoms with van der Waals surface area (Å²) in [6.45, 7) is 2.66. The van der Waals surface area contributed by atoms with E-state index in [1.54, 1.807) is 18.2 Å². The minimum absolute atomic E-state index is 0.0283. The number of carbonyl (C=O) groups excluding carboxylic acids is 1. The first-order chi connectivity index (χ1) is 7.70. The summed E-state index contributed by atoms with van der Waals surface area (Å²) in [5.74, 6) is -0.300. The number of benzene rings is 1. The van der Waals surface area contributed by atoms with Crippen LogP contribution in [0.15, 0.2) is 24.3 Å². The summed E-state index contributed by atoms with van der Waals surface area (Å²) in [6, 6.07) is 6.57. The zero-order valence-electron chi connectivity index (χ0n) is 9.42. The van der Waals surface area contributed by atoms with Crippen LogP contribution in [0.2, 0.25) is 0 Å². The van der Waals surface area contributed by atoms with Crippen LogP contribution < -0.4 is 5.32 Å². The van der Waals surface area contributed by atoms with E-state index >= 15 is 0 Å². The molecule has 0 aromatic heterocycles. The second-order valence-corrected chi connectivity index (χ2v) is 4.32. The summed E-state index contributed by atoms with van der Waals surface area (Å²) in [5, 5.41) is 2.86. The quantitative estimate of drug-likeness (QED) is 0.831. The van der Waals surface area contributed by atoms with E-state index in [1.165, 1.54) is 6.07 Å². The Morgan fingerprint density at radius 3 is 2.69 bits per heavy atom. The molecule has 0 aliphatic heterocycles. The van der Waals surface area contributed by atoms with Crippen molar-refractivity contribution in [1.82, 2.24) is 5.32 Å². The lowest BCUT2D eigenvalue weighted by Crippen LogP contribution is -2.35. The second-order valence-electron chi connectivity index (χ2n) is 4.32. The fourth-order valence-electron chi connectivity index (χ4n) is 2.00. The molecule has 0 heterocycles. The maximum Gasteiger partial charge on any atom is 0.230 e. The second kappa shape index (κ2) is 4.24. The van der Waals surface area contributed by atoms with Crippen molar-refractivity contribution in [3.8, 4) is 0 Å². The summed E-state index contributed by atoms with van der Waals surface area (Å²) in [5.41, 5.74) is -0.0378. The van der Waals surface area contributed by atoms with Crippen LogP contribution in [-0.2, 0) is 10.2 Å². The van der Waals surface area contributed by atoms with E-state index in [2.05, 4.69) is 5.32 Å². The van der Waals surface area contributed by atoms with Gasteiger partial charge in [-0.15, -0.1) is 0 Å². The van der Waals surface area contributed by atoms with Gasteiger partial charge in [0.05, 0.1) is 5.41 Å². The van der Waals surface area contributed by atoms with Crippen molar-refractivity contribution in [3.63, 3.8) is 0 Å². The highest BCUT2D eigenvalue weighted by atomic mass is 19.1. The maximum atomic E-state index is 13.6. The van der Waals surface area contributed by atoms with Crippen LogP contribution in [0.5, 0.6) is 0 Å². The monoisotopic (exact) mass is 221 g/mol. The first kappa shape index (κ1) is 11.1. The number of carbonyl (C=O) groups is 1. The van der Waals surface area contributed by atoms with Crippen molar-refractivity contribution in [3.05, 3.63) is 35.6 Å². The Morgan fingerprint density at radius 2 is 2.12 bits per heavy atom. The normalized spacial score (nSPS) is 16.9. The maximum absolute atomic E-state index is 13.6. The fraction of sp³-hybridized carbons (Fsp3) is 0.462. The van der Waals surface area contributed by atoms with Crippen molar-refractivity contribution in [1.29, 1.82) is 0 Å². The number of amides is 1. The van der Waals surface area contributed by atoms with Crippen LogP contribution in [0.25, 0.3) is 0 Å². The highest BCUT2D eigenvalue weighted by molar-refractivity contribution is 5.91. The third kappa shape index (κ3) is 1.82. The van der Waals surface area contributed by atoms with Crippen molar-refractivity contribution < 1.29 is 9.18 Å². The largest absolute Gasteiger partial charge is 0.355 e. The van der Waals surface area contributed by atoms with Gasteiger partial charge < -0.3 is 5.32 Å². The zero-order valence-corrected chi connectivity index (χ0v) is 9.42. The van der Waals surface area contributed by atoms with Gasteiger partial charge in [0, 0.05) is 12.1 Å². The molecule has 0 saturated heterocycles. The third-order valence-corrected chi connectivity index (χ3v) is 3.11. The summed E-state index contributed by atoms with van der Waals surface area (Å²) >= 11 is 0. The van der Waals surface area contributed by atoms with E-state index in [4.69, 9.17) is 0 Å². The predicted octanol–water partition coefficient (Wildman–Crippen LogP) is 2.38. The van der Waals surface area contributed by atoms with Gasteiger partial charge in [0.1, 0.15) is 5.82 Å². The van der Waals surface area contributed by atoms with Gasteiger partial charge in [-0.25, -0.2) is 4.39 Å². The van der Waals surface area contributed by atoms with E-state index in [9.17, 15) is 9.18 Å². The molecule has 1 saturated carbocycles. The number of nitrogens with one attached hydrogen (secondary N) is 1. The molecule has 1 aliphatic carbocycles. The third-order valence-electron chi connectivity index (χ3n) is 3.11. The molecule has 1 amide bonds. The Balaban J connectivity index is 2.20. The van der Waals surface area contributed by atoms with Crippen LogP contribution in [0.4, 0.5) is 4.39 Å². The van der Waals surface area contributed by atoms with Gasteiger partial charge in [-0.05, 0) is 25.3 Å². The van der Waals surface area contributed by atoms with Gasteiger partial charge in [-0.1, -0.05) is 25.1 Å². The van der Waals surface area contributed by atoms with Crippen LogP contribution in [0.1, 0.15) is 31.7 Å². The van der Waals surface area contributed by atoms with E-state index in [-0.39, 0.29) is 11.7 Å². The average Bonchev–Trinajstić information content (AvgIpc) is 3.08. The zero-order chi connectivity index (χ0) is 11.6. The molecule has 1 aromatic rings. The molecular weight excluding hydrogens is 205 g/mol. The molecule has 1 aromatic carbocycles. The van der Waals surface area contributed by atoms with Gasteiger partial charge in [0.25, 0.3) is 0 Å². The molecule has 1 aliphatic rings. The Labute approximate surface area is 94.9 Å². The van der Waals surface area contributed by atoms with Crippen molar-refractivity contribution in [2.24, 2.45) is 0 Å². The van der Waals surface area contributed by atoms with Crippen molar-refractivity contribution in [2.45, 2.75) is 31.6 Å². The highest BCUT2D eigenvalue weighted by Gasteiger charge is 2.52. The topological polar surface area (TPSA) is 29.1 Å². The SMILES string of the molecule is CCCNC(=O)C1(c2ccccc2F)CC1. The molecule has 3 heteroatoms. The first-order valence-corrected chi connectivity index (χ1v) is 5.74. The molecule has 86 valence electrons. The summed E-state index contributed by atoms with van der Waals surface area (Å²) in [7, 11) is 0. The van der Waals surface area contributed by atoms with Crippen LogP contribution in [-0.4, -0.2) is 12.5 Å². The average molecular weight is 221 g/mol. The van der Waals surface area contributed by atoms with Gasteiger partial charge >= 0.3 is 0 Å². The molecule has 0 radical (unpaired) electrons. The molecule has 2 rings (SSSR count). The van der Waals surface area contributed by atoms with E-state index in [0.29, 0.717) is 12.1 Å². The molecule has 0 bridgehead atoms. The Hall–Kier alpha value is -1.38. The van der Waals surface area contributed by atoms with Crippen LogP contribution in [0.3, 0.4) is 0 Å². The fourth-order valence-corrected chi connectivity index (χ4v) is 2.00. The van der Waals surface area contributed by atoms with E-state index in [1.807, 2.05) is 6.92 Å².